The van der Waals surface area contributed by atoms with Crippen molar-refractivity contribution in [2.24, 2.45) is 7.05 Å². The second-order valence-corrected chi connectivity index (χ2v) is 6.14. The molecule has 0 spiro atoms. The minimum Gasteiger partial charge on any atom is -0.333 e. The Kier molecular flexibility index (Phi) is 4.10. The lowest BCUT2D eigenvalue weighted by Gasteiger charge is -2.20. The Labute approximate surface area is 143 Å². The maximum Gasteiger partial charge on any atom is 0.261 e. The first-order valence-corrected chi connectivity index (χ1v) is 8.24. The molecule has 8 heteroatoms. The van der Waals surface area contributed by atoms with Crippen LogP contribution >= 0.6 is 0 Å². The number of aryl methyl sites for hydroxylation is 1. The topological polar surface area (TPSA) is 98.7 Å². The van der Waals surface area contributed by atoms with Crippen molar-refractivity contribution < 1.29 is 4.52 Å². The molecule has 1 fully saturated rings. The summed E-state index contributed by atoms with van der Waals surface area (Å²) in [6.45, 7) is 2.00. The molecule has 3 aromatic heterocycles. The molecule has 0 aromatic carbocycles. The van der Waals surface area contributed by atoms with Gasteiger partial charge in [-0.3, -0.25) is 4.79 Å². The summed E-state index contributed by atoms with van der Waals surface area (Å²) in [5.74, 6) is 1.97. The van der Waals surface area contributed by atoms with Crippen molar-refractivity contribution in [3.05, 3.63) is 46.9 Å². The normalized spacial score (nSPS) is 15.4. The van der Waals surface area contributed by atoms with Gasteiger partial charge in [-0.2, -0.15) is 4.98 Å². The van der Waals surface area contributed by atoms with Crippen LogP contribution in [-0.4, -0.2) is 37.8 Å². The third-order valence-electron chi connectivity index (χ3n) is 4.41. The van der Waals surface area contributed by atoms with E-state index in [1.54, 1.807) is 31.7 Å². The van der Waals surface area contributed by atoms with Crippen molar-refractivity contribution in [3.63, 3.8) is 0 Å². The highest BCUT2D eigenvalue weighted by molar-refractivity contribution is 5.58. The van der Waals surface area contributed by atoms with Gasteiger partial charge in [0.25, 0.3) is 11.4 Å². The molecule has 128 valence electrons. The highest BCUT2D eigenvalue weighted by atomic mass is 16.5. The number of nitrogens with zero attached hydrogens (tertiary/aromatic N) is 5. The van der Waals surface area contributed by atoms with Crippen LogP contribution in [0, 0.1) is 0 Å². The Morgan fingerprint density at radius 2 is 1.96 bits per heavy atom. The molecule has 1 N–H and O–H groups in total. The Morgan fingerprint density at radius 1 is 1.20 bits per heavy atom. The van der Waals surface area contributed by atoms with Gasteiger partial charge in [-0.25, -0.2) is 9.97 Å². The predicted molar refractivity (Wildman–Crippen MR) is 90.8 cm³/mol. The summed E-state index contributed by atoms with van der Waals surface area (Å²) >= 11 is 0. The lowest BCUT2D eigenvalue weighted by Crippen LogP contribution is -2.27. The summed E-state index contributed by atoms with van der Waals surface area (Å²) in [7, 11) is 1.69. The van der Waals surface area contributed by atoms with Crippen molar-refractivity contribution in [1.29, 1.82) is 0 Å². The largest absolute Gasteiger partial charge is 0.333 e. The molecule has 1 aliphatic rings. The first-order valence-electron chi connectivity index (χ1n) is 8.24. The van der Waals surface area contributed by atoms with Gasteiger partial charge >= 0.3 is 0 Å². The molecule has 0 radical (unpaired) electrons. The van der Waals surface area contributed by atoms with Crippen LogP contribution < -0.4 is 10.9 Å². The Balaban J connectivity index is 1.57. The molecule has 0 unspecified atom stereocenters. The lowest BCUT2D eigenvalue weighted by atomic mass is 9.97. The van der Waals surface area contributed by atoms with Gasteiger partial charge in [-0.1, -0.05) is 5.16 Å². The number of nitrogens with one attached hydrogen (secondary N) is 1. The van der Waals surface area contributed by atoms with Crippen LogP contribution in [0.15, 0.2) is 40.0 Å². The molecule has 0 bridgehead atoms. The van der Waals surface area contributed by atoms with Gasteiger partial charge in [0.2, 0.25) is 5.82 Å². The fourth-order valence-corrected chi connectivity index (χ4v) is 2.88. The van der Waals surface area contributed by atoms with Gasteiger partial charge in [0.1, 0.15) is 5.82 Å². The summed E-state index contributed by atoms with van der Waals surface area (Å²) in [5.41, 5.74) is 1.16. The van der Waals surface area contributed by atoms with E-state index in [0.29, 0.717) is 28.8 Å². The standard InChI is InChI=1S/C17H18N6O2/c1-23-7-4-12(8-14(23)24)16-21-17(25-22-16)13-9-19-15(20-10-13)11-2-5-18-6-3-11/h4,7-11,18H,2-3,5-6H2,1H3. The quantitative estimate of drug-likeness (QED) is 0.770. The molecule has 25 heavy (non-hydrogen) atoms. The molecule has 4 heterocycles. The lowest BCUT2D eigenvalue weighted by molar-refractivity contribution is 0.430. The van der Waals surface area contributed by atoms with Crippen molar-refractivity contribution in [2.75, 3.05) is 13.1 Å². The van der Waals surface area contributed by atoms with Crippen molar-refractivity contribution in [3.8, 4) is 22.8 Å². The predicted octanol–water partition coefficient (Wildman–Crippen LogP) is 1.36. The van der Waals surface area contributed by atoms with E-state index in [2.05, 4.69) is 25.4 Å². The van der Waals surface area contributed by atoms with Gasteiger partial charge in [-0.05, 0) is 32.0 Å². The van der Waals surface area contributed by atoms with Gasteiger partial charge in [0, 0.05) is 43.2 Å². The zero-order valence-electron chi connectivity index (χ0n) is 13.8. The molecule has 1 saturated heterocycles. The maximum atomic E-state index is 11.7. The smallest absolute Gasteiger partial charge is 0.261 e. The maximum absolute atomic E-state index is 11.7. The van der Waals surface area contributed by atoms with Gasteiger partial charge in [0.05, 0.1) is 5.56 Å². The SMILES string of the molecule is Cn1ccc(-c2noc(-c3cnc(C4CCNCC4)nc3)n2)cc1=O. The molecular formula is C17H18N6O2. The van der Waals surface area contributed by atoms with Crippen molar-refractivity contribution in [2.45, 2.75) is 18.8 Å². The van der Waals surface area contributed by atoms with Crippen LogP contribution in [0.3, 0.4) is 0 Å². The van der Waals surface area contributed by atoms with E-state index in [4.69, 9.17) is 4.52 Å². The number of piperidine rings is 1. The van der Waals surface area contributed by atoms with E-state index < -0.39 is 0 Å². The fourth-order valence-electron chi connectivity index (χ4n) is 2.88. The molecule has 0 aliphatic carbocycles. The third kappa shape index (κ3) is 3.20. The Hall–Kier alpha value is -2.87. The summed E-state index contributed by atoms with van der Waals surface area (Å²) < 4.78 is 6.78. The average Bonchev–Trinajstić information content (AvgIpc) is 3.15. The molecule has 3 aromatic rings. The molecule has 1 aliphatic heterocycles. The number of rotatable bonds is 3. The van der Waals surface area contributed by atoms with Crippen LogP contribution in [0.2, 0.25) is 0 Å². The Morgan fingerprint density at radius 3 is 2.68 bits per heavy atom. The molecule has 0 atom stereocenters. The summed E-state index contributed by atoms with van der Waals surface area (Å²) in [5, 5.41) is 7.28. The van der Waals surface area contributed by atoms with Crippen molar-refractivity contribution in [1.82, 2.24) is 30.0 Å². The minimum atomic E-state index is -0.126. The van der Waals surface area contributed by atoms with Crippen LogP contribution in [-0.2, 0) is 7.05 Å². The monoisotopic (exact) mass is 338 g/mol. The van der Waals surface area contributed by atoms with Gasteiger partial charge in [0.15, 0.2) is 0 Å². The van der Waals surface area contributed by atoms with Gasteiger partial charge < -0.3 is 14.4 Å². The van der Waals surface area contributed by atoms with E-state index in [-0.39, 0.29) is 5.56 Å². The third-order valence-corrected chi connectivity index (χ3v) is 4.41. The number of aromatic nitrogens is 5. The second-order valence-electron chi connectivity index (χ2n) is 6.14. The first kappa shape index (κ1) is 15.6. The number of hydrogen-bond donors (Lipinski definition) is 1. The van der Waals surface area contributed by atoms with E-state index in [9.17, 15) is 4.79 Å². The van der Waals surface area contributed by atoms with Crippen LogP contribution in [0.4, 0.5) is 0 Å². The fraction of sp³-hybridized carbons (Fsp3) is 0.353. The highest BCUT2D eigenvalue weighted by Gasteiger charge is 2.18. The summed E-state index contributed by atoms with van der Waals surface area (Å²) in [4.78, 5) is 25.0. The second kappa shape index (κ2) is 6.56. The van der Waals surface area contributed by atoms with Crippen molar-refractivity contribution >= 4 is 0 Å². The van der Waals surface area contributed by atoms with Crippen LogP contribution in [0.25, 0.3) is 22.8 Å². The highest BCUT2D eigenvalue weighted by Crippen LogP contribution is 2.24. The molecule has 0 amide bonds. The van der Waals surface area contributed by atoms with Gasteiger partial charge in [-0.15, -0.1) is 0 Å². The van der Waals surface area contributed by atoms with E-state index in [1.165, 1.54) is 10.6 Å². The minimum absolute atomic E-state index is 0.126. The van der Waals surface area contributed by atoms with E-state index >= 15 is 0 Å². The molecule has 4 rings (SSSR count). The first-order chi connectivity index (χ1) is 12.2. The molecule has 8 nitrogen and oxygen atoms in total. The zero-order valence-corrected chi connectivity index (χ0v) is 13.8. The summed E-state index contributed by atoms with van der Waals surface area (Å²) in [6, 6.07) is 3.25. The zero-order chi connectivity index (χ0) is 17.2. The van der Waals surface area contributed by atoms with E-state index in [1.807, 2.05) is 0 Å². The molecule has 0 saturated carbocycles. The number of pyridine rings is 1. The van der Waals surface area contributed by atoms with Crippen LogP contribution in [0.5, 0.6) is 0 Å². The molecular weight excluding hydrogens is 320 g/mol. The van der Waals surface area contributed by atoms with E-state index in [0.717, 1.165) is 31.8 Å². The average molecular weight is 338 g/mol. The van der Waals surface area contributed by atoms with Crippen LogP contribution in [0.1, 0.15) is 24.6 Å². The summed E-state index contributed by atoms with van der Waals surface area (Å²) in [6.07, 6.45) is 7.20. The Bertz CT molecular complexity index is 925. The number of hydrogen-bond acceptors (Lipinski definition) is 7.